The molecule has 0 radical (unpaired) electrons. The topological polar surface area (TPSA) is 195 Å². The number of thiazole rings is 1. The third kappa shape index (κ3) is 13.5. The number of hydrogen-bond acceptors (Lipinski definition) is 12. The zero-order valence-electron chi connectivity index (χ0n) is 42.6. The lowest BCUT2D eigenvalue weighted by molar-refractivity contribution is -0.164. The summed E-state index contributed by atoms with van der Waals surface area (Å²) < 4.78 is 18.0. The SMILES string of the molecule is Cc1ncsc1-c1ccc([C@H](CN(C)C)NC(=O)[C@@H]2C[C@@H](O)CN2C(=O)C(NC(=O)COCCCCCOc2ccc(C(=O)N[C@H]3C(C)(C)[C@H](Oc4ccc(C#N)c(Cl)c4)C3(C)C)cc2)C(C)(C)C)cc1. The smallest absolute Gasteiger partial charge is 0.251 e. The molecule has 15 nitrogen and oxygen atoms in total. The van der Waals surface area contributed by atoms with Crippen LogP contribution in [0.1, 0.15) is 107 Å². The van der Waals surface area contributed by atoms with E-state index in [1.807, 2.05) is 76.5 Å². The molecular formula is C54H70ClN7O8S. The predicted molar refractivity (Wildman–Crippen MR) is 275 cm³/mol. The lowest BCUT2D eigenvalue weighted by Crippen LogP contribution is -2.74. The molecule has 2 aliphatic rings. The number of nitrogens with zero attached hydrogens (tertiary/aromatic N) is 4. The number of aryl methyl sites for hydroxylation is 1. The van der Waals surface area contributed by atoms with Gasteiger partial charge in [-0.05, 0) is 93.2 Å². The van der Waals surface area contributed by atoms with E-state index in [1.54, 1.807) is 53.8 Å². The first-order valence-electron chi connectivity index (χ1n) is 24.2. The summed E-state index contributed by atoms with van der Waals surface area (Å²) in [6.45, 7) is 16.8. The van der Waals surface area contributed by atoms with Gasteiger partial charge < -0.3 is 45.1 Å². The van der Waals surface area contributed by atoms with Crippen LogP contribution in [0, 0.1) is 34.5 Å². The van der Waals surface area contributed by atoms with Crippen molar-refractivity contribution in [3.8, 4) is 28.0 Å². The fourth-order valence-electron chi connectivity index (χ4n) is 9.99. The number of hydrogen-bond donors (Lipinski definition) is 4. The number of carbonyl (C=O) groups is 4. The van der Waals surface area contributed by atoms with Gasteiger partial charge in [-0.1, -0.05) is 84.3 Å². The number of β-amino-alcohol motifs (C(OH)–C–C–N with tert-alkyl or cyclic N) is 1. The van der Waals surface area contributed by atoms with Crippen LogP contribution in [0.3, 0.4) is 0 Å². The van der Waals surface area contributed by atoms with Crippen molar-refractivity contribution in [2.24, 2.45) is 16.2 Å². The van der Waals surface area contributed by atoms with Gasteiger partial charge in [-0.25, -0.2) is 4.98 Å². The number of halogens is 1. The second-order valence-electron chi connectivity index (χ2n) is 21.3. The minimum absolute atomic E-state index is 0.0285. The van der Waals surface area contributed by atoms with Crippen LogP contribution in [0.4, 0.5) is 0 Å². The molecule has 1 saturated heterocycles. The maximum absolute atomic E-state index is 14.2. The van der Waals surface area contributed by atoms with Gasteiger partial charge in [-0.2, -0.15) is 5.26 Å². The molecule has 71 heavy (non-hydrogen) atoms. The number of unbranched alkanes of at least 4 members (excludes halogenated alkanes) is 2. The number of nitrogens with one attached hydrogen (secondary N) is 3. The molecule has 6 rings (SSSR count). The number of likely N-dealkylation sites (N-methyl/N-ethyl adjacent to an activating group) is 1. The van der Waals surface area contributed by atoms with Crippen molar-refractivity contribution in [1.29, 1.82) is 5.26 Å². The summed E-state index contributed by atoms with van der Waals surface area (Å²) in [5.74, 6) is -0.243. The molecule has 1 saturated carbocycles. The van der Waals surface area contributed by atoms with E-state index in [2.05, 4.69) is 54.7 Å². The Hall–Kier alpha value is -5.57. The molecule has 4 atom stereocenters. The third-order valence-corrected chi connectivity index (χ3v) is 14.7. The molecule has 1 unspecified atom stereocenters. The standard InChI is InChI=1S/C54H70ClN7O8S/c1-33-45(71-32-57-33)35-16-14-34(15-17-35)42(30-61(9)10)58-48(66)43-26-38(63)29-62(43)49(67)46(52(2,3)4)59-44(64)31-68-24-12-11-13-25-69-39-21-18-36(19-22-39)47(65)60-50-53(5,6)51(54(50,7)8)70-40-23-20-37(28-56)41(55)27-40/h14-23,27,32,38,42-43,46,50-51,63H,11-13,24-26,29-31H2,1-10H3,(H,58,66)(H,59,64)(H,60,65)/t38-,42+,43+,46?,50-,51-/m1/s1. The minimum Gasteiger partial charge on any atom is -0.494 e. The Morgan fingerprint density at radius 2 is 1.62 bits per heavy atom. The largest absolute Gasteiger partial charge is 0.494 e. The molecule has 2 heterocycles. The lowest BCUT2D eigenvalue weighted by atomic mass is 9.49. The number of benzene rings is 3. The number of likely N-dealkylation sites (tertiary alicyclic amines) is 1. The molecule has 4 aromatic rings. The normalized spacial score (nSPS) is 20.0. The summed E-state index contributed by atoms with van der Waals surface area (Å²) in [7, 11) is 3.85. The Morgan fingerprint density at radius 1 is 0.958 bits per heavy atom. The Balaban J connectivity index is 0.910. The van der Waals surface area contributed by atoms with E-state index in [9.17, 15) is 29.5 Å². The fourth-order valence-corrected chi connectivity index (χ4v) is 11.0. The fraction of sp³-hybridized carbons (Fsp3) is 0.519. The molecule has 17 heteroatoms. The highest BCUT2D eigenvalue weighted by molar-refractivity contribution is 7.13. The maximum atomic E-state index is 14.2. The van der Waals surface area contributed by atoms with Crippen molar-refractivity contribution in [3.63, 3.8) is 0 Å². The number of carbonyl (C=O) groups excluding carboxylic acids is 4. The van der Waals surface area contributed by atoms with Gasteiger partial charge in [-0.15, -0.1) is 11.3 Å². The van der Waals surface area contributed by atoms with E-state index in [4.69, 9.17) is 25.8 Å². The average molecular weight is 1010 g/mol. The van der Waals surface area contributed by atoms with Crippen molar-refractivity contribution < 1.29 is 38.5 Å². The van der Waals surface area contributed by atoms with Crippen LogP contribution in [0.25, 0.3) is 10.4 Å². The monoisotopic (exact) mass is 1010 g/mol. The van der Waals surface area contributed by atoms with Crippen molar-refractivity contribution in [2.75, 3.05) is 47.0 Å². The van der Waals surface area contributed by atoms with Crippen LogP contribution >= 0.6 is 22.9 Å². The number of amides is 4. The molecule has 0 bridgehead atoms. The number of ether oxygens (including phenoxy) is 3. The number of aliphatic hydroxyl groups excluding tert-OH is 1. The van der Waals surface area contributed by atoms with Crippen molar-refractivity contribution >= 4 is 46.6 Å². The van der Waals surface area contributed by atoms with Crippen LogP contribution in [-0.4, -0.2) is 121 Å². The van der Waals surface area contributed by atoms with Crippen molar-refractivity contribution in [2.45, 2.75) is 117 Å². The van der Waals surface area contributed by atoms with Gasteiger partial charge in [0.2, 0.25) is 17.7 Å². The van der Waals surface area contributed by atoms with E-state index >= 15 is 0 Å². The minimum atomic E-state index is -0.974. The number of aliphatic hydroxyl groups is 1. The second-order valence-corrected chi connectivity index (χ2v) is 22.5. The van der Waals surface area contributed by atoms with Crippen LogP contribution in [0.5, 0.6) is 11.5 Å². The van der Waals surface area contributed by atoms with Gasteiger partial charge in [0.15, 0.2) is 0 Å². The van der Waals surface area contributed by atoms with Gasteiger partial charge in [-0.3, -0.25) is 19.2 Å². The van der Waals surface area contributed by atoms with Gasteiger partial charge >= 0.3 is 0 Å². The Labute approximate surface area is 427 Å². The summed E-state index contributed by atoms with van der Waals surface area (Å²) in [5.41, 5.74) is 4.12. The average Bonchev–Trinajstić information content (AvgIpc) is 3.94. The van der Waals surface area contributed by atoms with Gasteiger partial charge in [0.05, 0.1) is 45.4 Å². The molecule has 3 aromatic carbocycles. The van der Waals surface area contributed by atoms with Crippen molar-refractivity contribution in [1.82, 2.24) is 30.7 Å². The number of rotatable bonds is 21. The third-order valence-electron chi connectivity index (χ3n) is 13.4. The molecule has 4 N–H and O–H groups in total. The first-order valence-corrected chi connectivity index (χ1v) is 25.5. The molecule has 2 fully saturated rings. The van der Waals surface area contributed by atoms with E-state index < -0.39 is 46.2 Å². The summed E-state index contributed by atoms with van der Waals surface area (Å²) in [6.07, 6.45) is 1.19. The number of nitriles is 1. The van der Waals surface area contributed by atoms with E-state index in [0.29, 0.717) is 53.8 Å². The molecule has 382 valence electrons. The lowest BCUT2D eigenvalue weighted by Gasteiger charge is -2.63. The molecule has 1 aliphatic carbocycles. The van der Waals surface area contributed by atoms with E-state index in [0.717, 1.165) is 34.5 Å². The first-order chi connectivity index (χ1) is 33.5. The first kappa shape index (κ1) is 54.8. The van der Waals surface area contributed by atoms with Crippen LogP contribution in [-0.2, 0) is 19.1 Å². The summed E-state index contributed by atoms with van der Waals surface area (Å²) in [6, 6.07) is 19.7. The highest BCUT2D eigenvalue weighted by Gasteiger charge is 2.64. The van der Waals surface area contributed by atoms with Gasteiger partial charge in [0.1, 0.15) is 42.4 Å². The summed E-state index contributed by atoms with van der Waals surface area (Å²) in [4.78, 5) is 63.6. The van der Waals surface area contributed by atoms with Gasteiger partial charge in [0, 0.05) is 54.6 Å². The predicted octanol–water partition coefficient (Wildman–Crippen LogP) is 7.73. The summed E-state index contributed by atoms with van der Waals surface area (Å²) >= 11 is 7.82. The zero-order valence-corrected chi connectivity index (χ0v) is 44.2. The zero-order chi connectivity index (χ0) is 51.8. The van der Waals surface area contributed by atoms with Crippen LogP contribution < -0.4 is 25.4 Å². The second kappa shape index (κ2) is 23.3. The molecule has 1 aromatic heterocycles. The maximum Gasteiger partial charge on any atom is 0.251 e. The highest BCUT2D eigenvalue weighted by atomic mass is 35.5. The van der Waals surface area contributed by atoms with E-state index in [-0.39, 0.29) is 49.6 Å². The molecular weight excluding hydrogens is 942 g/mol. The molecule has 0 spiro atoms. The Bertz CT molecular complexity index is 2520. The quantitative estimate of drug-likeness (QED) is 0.0597. The summed E-state index contributed by atoms with van der Waals surface area (Å²) in [5, 5.41) is 29.5. The van der Waals surface area contributed by atoms with Crippen molar-refractivity contribution in [3.05, 3.63) is 99.6 Å². The molecule has 4 amide bonds. The van der Waals surface area contributed by atoms with Gasteiger partial charge in [0.25, 0.3) is 5.91 Å². The van der Waals surface area contributed by atoms with E-state index in [1.165, 1.54) is 4.90 Å². The highest BCUT2D eigenvalue weighted by Crippen LogP contribution is 2.55. The Morgan fingerprint density at radius 3 is 2.23 bits per heavy atom. The van der Waals surface area contributed by atoms with Crippen LogP contribution in [0.2, 0.25) is 5.02 Å². The Kier molecular flexibility index (Phi) is 18.0. The van der Waals surface area contributed by atoms with Crippen LogP contribution in [0.15, 0.2) is 72.2 Å². The number of aromatic nitrogens is 1. The molecule has 1 aliphatic heterocycles.